The fourth-order valence-corrected chi connectivity index (χ4v) is 3.65. The van der Waals surface area contributed by atoms with E-state index >= 15 is 0 Å². The summed E-state index contributed by atoms with van der Waals surface area (Å²) in [4.78, 5) is 6.44. The second-order valence-electron chi connectivity index (χ2n) is 7.26. The summed E-state index contributed by atoms with van der Waals surface area (Å²) < 4.78 is 43.9. The topological polar surface area (TPSA) is 121 Å². The van der Waals surface area contributed by atoms with E-state index in [-0.39, 0.29) is 11.6 Å². The van der Waals surface area contributed by atoms with Crippen LogP contribution >= 0.6 is 0 Å². The van der Waals surface area contributed by atoms with Crippen molar-refractivity contribution >= 4 is 4.57 Å². The van der Waals surface area contributed by atoms with Gasteiger partial charge in [0.15, 0.2) is 0 Å². The van der Waals surface area contributed by atoms with E-state index in [0.29, 0.717) is 0 Å². The molecule has 1 aromatic rings. The summed E-state index contributed by atoms with van der Waals surface area (Å²) in [7, 11) is 1.71. The van der Waals surface area contributed by atoms with E-state index in [4.69, 9.17) is 32.8 Å². The molecule has 0 saturated carbocycles. The fourth-order valence-electron chi connectivity index (χ4n) is 3.33. The number of hydroxylamine groups is 2. The molecule has 1 atom stereocenters. The second-order valence-corrected chi connectivity index (χ2v) is 7.84. The van der Waals surface area contributed by atoms with Gasteiger partial charge in [-0.2, -0.15) is 0 Å². The molecule has 0 fully saturated rings. The Bertz CT molecular complexity index is 868. The third-order valence-corrected chi connectivity index (χ3v) is 5.06. The average Bonchev–Trinajstić information content (AvgIpc) is 3.58. The van der Waals surface area contributed by atoms with Crippen LogP contribution in [0.25, 0.3) is 0 Å². The van der Waals surface area contributed by atoms with Crippen molar-refractivity contribution in [3.8, 4) is 0 Å². The molecule has 1 aliphatic heterocycles. The van der Waals surface area contributed by atoms with E-state index in [1.807, 2.05) is 6.07 Å². The molecule has 9 heteroatoms. The third kappa shape index (κ3) is 10.2. The first-order valence-electron chi connectivity index (χ1n) is 9.49. The van der Waals surface area contributed by atoms with Gasteiger partial charge < -0.3 is 0 Å². The van der Waals surface area contributed by atoms with Crippen LogP contribution in [0.3, 0.4) is 0 Å². The number of hydrogen-bond donors (Lipinski definition) is 0. The number of benzene rings is 1. The Morgan fingerprint density at radius 2 is 1.47 bits per heavy atom. The zero-order chi connectivity index (χ0) is 27.3. The van der Waals surface area contributed by atoms with Crippen molar-refractivity contribution in [3.63, 3.8) is 0 Å². The third-order valence-electron chi connectivity index (χ3n) is 4.46. The molecule has 0 amide bonds. The van der Waals surface area contributed by atoms with Gasteiger partial charge in [0.2, 0.25) is 0 Å². The molecule has 2 aliphatic rings. The van der Waals surface area contributed by atoms with Crippen molar-refractivity contribution < 1.29 is 48.7 Å². The van der Waals surface area contributed by atoms with Crippen LogP contribution in [0, 0.1) is 33.3 Å². The van der Waals surface area contributed by atoms with Crippen molar-refractivity contribution in [3.05, 3.63) is 92.1 Å². The Balaban J connectivity index is -0.000000854. The Labute approximate surface area is 209 Å². The van der Waals surface area contributed by atoms with Gasteiger partial charge in [-0.25, -0.2) is 0 Å². The van der Waals surface area contributed by atoms with Crippen molar-refractivity contribution in [1.82, 2.24) is 5.06 Å². The van der Waals surface area contributed by atoms with Crippen molar-refractivity contribution in [2.75, 3.05) is 7.11 Å². The summed E-state index contributed by atoms with van der Waals surface area (Å²) in [5.41, 5.74) is 3.47. The molecule has 3 rings (SSSR count). The van der Waals surface area contributed by atoms with E-state index in [9.17, 15) is 0 Å². The number of rotatable bonds is 4. The molecule has 0 saturated heterocycles. The predicted molar refractivity (Wildman–Crippen MR) is 112 cm³/mol. The van der Waals surface area contributed by atoms with Gasteiger partial charge >= 0.3 is 209 Å². The Morgan fingerprint density at radius 3 is 1.85 bits per heavy atom. The maximum absolute atomic E-state index is 7.50. The quantitative estimate of drug-likeness (QED) is 0.450. The van der Waals surface area contributed by atoms with E-state index in [1.54, 1.807) is 7.11 Å². The number of methoxy groups -OCH3 is 1. The van der Waals surface area contributed by atoms with Gasteiger partial charge in [-0.3, -0.25) is 0 Å². The van der Waals surface area contributed by atoms with Gasteiger partial charge in [0.05, 0.1) is 0 Å². The van der Waals surface area contributed by atoms with Crippen molar-refractivity contribution in [2.45, 2.75) is 51.6 Å². The van der Waals surface area contributed by atoms with Gasteiger partial charge in [-0.1, -0.05) is 0 Å². The first kappa shape index (κ1) is 36.1. The zero-order valence-electron chi connectivity index (χ0n) is 19.4. The molecule has 0 spiro atoms. The number of allylic oxidation sites excluding steroid dienone is 2. The minimum absolute atomic E-state index is 0.0129. The van der Waals surface area contributed by atoms with Crippen LogP contribution in [-0.4, -0.2) is 22.3 Å². The fraction of sp³-hybridized carbons (Fsp3) is 0.360. The summed E-state index contributed by atoms with van der Waals surface area (Å²) in [6, 6.07) is 10.5. The molecule has 0 bridgehead atoms. The van der Waals surface area contributed by atoms with Crippen LogP contribution in [0.15, 0.2) is 53.3 Å². The SMILES string of the molecule is CO[C](=[Cr])C1=C(C2=CCCC2)ON(C(C)(C)C)C1c1ccccc1.[C-]#[O+].[C-]#[O+].[C-]#[O+].[C-]#[O+].[C-]#[O+]. The predicted octanol–water partition coefficient (Wildman–Crippen LogP) is 4.27. The molecule has 1 aliphatic carbocycles. The van der Waals surface area contributed by atoms with Gasteiger partial charge in [0.25, 0.3) is 0 Å². The molecule has 1 unspecified atom stereocenters. The van der Waals surface area contributed by atoms with Crippen molar-refractivity contribution in [2.24, 2.45) is 0 Å². The first-order valence-corrected chi connectivity index (χ1v) is 10.1. The van der Waals surface area contributed by atoms with E-state index in [2.05, 4.69) is 105 Å². The number of nitrogens with zero attached hydrogens (tertiary/aromatic N) is 1. The van der Waals surface area contributed by atoms with Gasteiger partial charge in [0.1, 0.15) is 0 Å². The summed E-state index contributed by atoms with van der Waals surface area (Å²) in [6.07, 6.45) is 5.68. The Hall–Kier alpha value is -2.48. The summed E-state index contributed by atoms with van der Waals surface area (Å²) in [6.45, 7) is 29.0. The van der Waals surface area contributed by atoms with Gasteiger partial charge in [-0.15, -0.1) is 0 Å². The molecular weight excluding hydrogens is 478 g/mol. The first-order chi connectivity index (χ1) is 16.4. The molecule has 1 aromatic carbocycles. The van der Waals surface area contributed by atoms with Crippen molar-refractivity contribution in [1.29, 1.82) is 0 Å². The molecular formula is C25H25CrNO7. The normalized spacial score (nSPS) is 15.7. The summed E-state index contributed by atoms with van der Waals surface area (Å²) in [5.74, 6) is 0.965. The molecule has 0 aromatic heterocycles. The molecule has 0 N–H and O–H groups in total. The second kappa shape index (κ2) is 21.1. The van der Waals surface area contributed by atoms with Gasteiger partial charge in [0, 0.05) is 0 Å². The van der Waals surface area contributed by atoms with E-state index in [1.165, 1.54) is 17.6 Å². The van der Waals surface area contributed by atoms with Crippen LogP contribution in [0.4, 0.5) is 0 Å². The number of hydrogen-bond acceptors (Lipinski definition) is 3. The summed E-state index contributed by atoms with van der Waals surface area (Å²) >= 11 is 3.10. The monoisotopic (exact) mass is 503 g/mol. The maximum atomic E-state index is 7.50. The van der Waals surface area contributed by atoms with E-state index < -0.39 is 0 Å². The minimum atomic E-state index is -0.138. The Morgan fingerprint density at radius 1 is 0.971 bits per heavy atom. The zero-order valence-corrected chi connectivity index (χ0v) is 20.7. The standard InChI is InChI=1S/C20H25NO2.5CO.Cr/c1-20(2,3)21-18(15-10-6-5-7-11-15)17(14-22-4)19(23-21)16-12-8-9-13-16;5*1-2;/h5-7,10-12,18H,8-9,13H2,1-4H3;;;;;;. The molecule has 34 heavy (non-hydrogen) atoms. The van der Waals surface area contributed by atoms with E-state index in [0.717, 1.165) is 28.7 Å². The molecule has 1 heterocycles. The van der Waals surface area contributed by atoms with Crippen LogP contribution in [0.2, 0.25) is 0 Å². The van der Waals surface area contributed by atoms with Crippen LogP contribution in [-0.2, 0) is 48.7 Å². The summed E-state index contributed by atoms with van der Waals surface area (Å²) in [5, 5.41) is 2.10. The average molecular weight is 503 g/mol. The van der Waals surface area contributed by atoms with Gasteiger partial charge in [-0.05, 0) is 0 Å². The molecule has 0 radical (unpaired) electrons. The molecule has 8 nitrogen and oxygen atoms in total. The van der Waals surface area contributed by atoms with Crippen LogP contribution < -0.4 is 0 Å². The van der Waals surface area contributed by atoms with Crippen LogP contribution in [0.5, 0.6) is 0 Å². The Kier molecular flexibility index (Phi) is 22.4. The number of ether oxygens (including phenoxy) is 1. The molecule has 178 valence electrons. The van der Waals surface area contributed by atoms with Crippen LogP contribution in [0.1, 0.15) is 51.6 Å².